The van der Waals surface area contributed by atoms with Crippen molar-refractivity contribution >= 4 is 27.9 Å². The smallest absolute Gasteiger partial charge is 0.337 e. The van der Waals surface area contributed by atoms with Crippen molar-refractivity contribution in [1.29, 1.82) is 0 Å². The Bertz CT molecular complexity index is 677. The molecule has 0 spiro atoms. The molecule has 0 saturated heterocycles. The molecule has 1 N–H and O–H groups in total. The van der Waals surface area contributed by atoms with E-state index in [0.717, 1.165) is 16.7 Å². The number of rotatable bonds is 4. The van der Waals surface area contributed by atoms with Gasteiger partial charge < -0.3 is 9.84 Å². The second kappa shape index (κ2) is 6.54. The van der Waals surface area contributed by atoms with E-state index < -0.39 is 5.97 Å². The molecular weight excluding hydrogens is 336 g/mol. The van der Waals surface area contributed by atoms with Gasteiger partial charge in [-0.3, -0.25) is 0 Å². The maximum atomic E-state index is 11.4. The molecule has 0 bridgehead atoms. The molecule has 4 nitrogen and oxygen atoms in total. The third-order valence-electron chi connectivity index (χ3n) is 3.11. The van der Waals surface area contributed by atoms with Crippen molar-refractivity contribution < 1.29 is 19.4 Å². The highest BCUT2D eigenvalue weighted by Gasteiger charge is 2.10. The van der Waals surface area contributed by atoms with Gasteiger partial charge in [-0.2, -0.15) is 0 Å². The van der Waals surface area contributed by atoms with Crippen LogP contribution in [0.25, 0.3) is 11.1 Å². The summed E-state index contributed by atoms with van der Waals surface area (Å²) in [5, 5.41) is 9.57. The lowest BCUT2D eigenvalue weighted by Gasteiger charge is -2.09. The van der Waals surface area contributed by atoms with Crippen LogP contribution in [-0.4, -0.2) is 24.2 Å². The van der Waals surface area contributed by atoms with Crippen molar-refractivity contribution in [2.75, 3.05) is 7.11 Å². The average Bonchev–Trinajstić information content (AvgIpc) is 2.53. The summed E-state index contributed by atoms with van der Waals surface area (Å²) >= 11 is 3.37. The molecule has 0 unspecified atom stereocenters. The maximum Gasteiger partial charge on any atom is 0.337 e. The fraction of sp³-hybridized carbons (Fsp3) is 0.125. The molecule has 0 atom stereocenters. The number of carbonyl (C=O) groups is 2. The van der Waals surface area contributed by atoms with Crippen LogP contribution < -0.4 is 0 Å². The molecule has 2 aromatic carbocycles. The standard InChI is InChI=1S/C16H13BrO4/c1-21-16(20)11-4-2-10(3-5-11)14-7-6-12(15(18)19)8-13(14)9-17/h2-8H,9H2,1H3,(H,18,19). The number of halogens is 1. The summed E-state index contributed by atoms with van der Waals surface area (Å²) in [5.41, 5.74) is 3.44. The van der Waals surface area contributed by atoms with Crippen molar-refractivity contribution in [2.45, 2.75) is 5.33 Å². The molecule has 0 radical (unpaired) electrons. The zero-order valence-corrected chi connectivity index (χ0v) is 12.9. The van der Waals surface area contributed by atoms with Crippen LogP contribution >= 0.6 is 15.9 Å². The number of methoxy groups -OCH3 is 1. The lowest BCUT2D eigenvalue weighted by Crippen LogP contribution is -2.01. The van der Waals surface area contributed by atoms with Gasteiger partial charge in [0, 0.05) is 5.33 Å². The number of carboxylic acid groups (broad SMARTS) is 1. The molecule has 2 rings (SSSR count). The summed E-state index contributed by atoms with van der Waals surface area (Å²) in [7, 11) is 1.34. The van der Waals surface area contributed by atoms with Crippen LogP contribution in [0.15, 0.2) is 42.5 Å². The van der Waals surface area contributed by atoms with Crippen molar-refractivity contribution in [3.63, 3.8) is 0 Å². The van der Waals surface area contributed by atoms with E-state index in [2.05, 4.69) is 20.7 Å². The molecule has 0 aliphatic carbocycles. The fourth-order valence-corrected chi connectivity index (χ4v) is 2.49. The Labute approximate surface area is 130 Å². The zero-order valence-electron chi connectivity index (χ0n) is 11.3. The van der Waals surface area contributed by atoms with Crippen LogP contribution in [0, 0.1) is 0 Å². The molecule has 0 aromatic heterocycles. The molecule has 21 heavy (non-hydrogen) atoms. The van der Waals surface area contributed by atoms with Crippen molar-refractivity contribution in [3.8, 4) is 11.1 Å². The minimum Gasteiger partial charge on any atom is -0.478 e. The number of ether oxygens (including phenoxy) is 1. The van der Waals surface area contributed by atoms with Crippen molar-refractivity contribution in [1.82, 2.24) is 0 Å². The van der Waals surface area contributed by atoms with E-state index in [9.17, 15) is 9.59 Å². The highest BCUT2D eigenvalue weighted by molar-refractivity contribution is 9.08. The van der Waals surface area contributed by atoms with Crippen LogP contribution in [-0.2, 0) is 10.1 Å². The molecule has 0 aliphatic rings. The largest absolute Gasteiger partial charge is 0.478 e. The molecule has 0 amide bonds. The van der Waals surface area contributed by atoms with E-state index in [4.69, 9.17) is 5.11 Å². The maximum absolute atomic E-state index is 11.4. The third-order valence-corrected chi connectivity index (χ3v) is 3.72. The van der Waals surface area contributed by atoms with E-state index in [1.165, 1.54) is 7.11 Å². The number of hydrogen-bond acceptors (Lipinski definition) is 3. The van der Waals surface area contributed by atoms with Gasteiger partial charge in [0.15, 0.2) is 0 Å². The molecular formula is C16H13BrO4. The first-order valence-electron chi connectivity index (χ1n) is 6.17. The van der Waals surface area contributed by atoms with Crippen LogP contribution in [0.2, 0.25) is 0 Å². The zero-order chi connectivity index (χ0) is 15.4. The Morgan fingerprint density at radius 2 is 1.71 bits per heavy atom. The number of carboxylic acids is 1. The summed E-state index contributed by atoms with van der Waals surface area (Å²) in [4.78, 5) is 22.4. The van der Waals surface area contributed by atoms with E-state index in [-0.39, 0.29) is 11.5 Å². The van der Waals surface area contributed by atoms with Gasteiger partial charge in [-0.15, -0.1) is 0 Å². The highest BCUT2D eigenvalue weighted by Crippen LogP contribution is 2.27. The van der Waals surface area contributed by atoms with Gasteiger partial charge in [0.2, 0.25) is 0 Å². The van der Waals surface area contributed by atoms with Crippen LogP contribution in [0.4, 0.5) is 0 Å². The summed E-state index contributed by atoms with van der Waals surface area (Å²) in [5.74, 6) is -1.34. The number of aromatic carboxylic acids is 1. The van der Waals surface area contributed by atoms with Gasteiger partial charge in [0.1, 0.15) is 0 Å². The summed E-state index contributed by atoms with van der Waals surface area (Å²) in [6, 6.07) is 12.0. The number of carbonyl (C=O) groups excluding carboxylic acids is 1. The minimum atomic E-state index is -0.954. The first kappa shape index (κ1) is 15.3. The van der Waals surface area contributed by atoms with Crippen LogP contribution in [0.3, 0.4) is 0 Å². The Balaban J connectivity index is 2.41. The van der Waals surface area contributed by atoms with Gasteiger partial charge in [0.25, 0.3) is 0 Å². The highest BCUT2D eigenvalue weighted by atomic mass is 79.9. The Morgan fingerprint density at radius 3 is 2.24 bits per heavy atom. The molecule has 0 aliphatic heterocycles. The number of hydrogen-bond donors (Lipinski definition) is 1. The average molecular weight is 349 g/mol. The molecule has 0 fully saturated rings. The Kier molecular flexibility index (Phi) is 4.75. The second-order valence-corrected chi connectivity index (χ2v) is 4.94. The quantitative estimate of drug-likeness (QED) is 0.675. The third kappa shape index (κ3) is 3.31. The summed E-state index contributed by atoms with van der Waals surface area (Å²) in [6.45, 7) is 0. The SMILES string of the molecule is COC(=O)c1ccc(-c2ccc(C(=O)O)cc2CBr)cc1. The van der Waals surface area contributed by atoms with Gasteiger partial charge in [-0.1, -0.05) is 34.1 Å². The molecule has 2 aromatic rings. The fourth-order valence-electron chi connectivity index (χ4n) is 2.02. The monoisotopic (exact) mass is 348 g/mol. The van der Waals surface area contributed by atoms with Gasteiger partial charge in [-0.05, 0) is 41.0 Å². The van der Waals surface area contributed by atoms with Crippen LogP contribution in [0.1, 0.15) is 26.3 Å². The first-order chi connectivity index (χ1) is 10.1. The van der Waals surface area contributed by atoms with E-state index in [0.29, 0.717) is 10.9 Å². The lowest BCUT2D eigenvalue weighted by atomic mass is 9.97. The normalized spacial score (nSPS) is 10.2. The Hall–Kier alpha value is -2.14. The number of benzene rings is 2. The predicted molar refractivity (Wildman–Crippen MR) is 82.8 cm³/mol. The molecule has 0 heterocycles. The van der Waals surface area contributed by atoms with Gasteiger partial charge in [0.05, 0.1) is 18.2 Å². The van der Waals surface area contributed by atoms with E-state index in [1.807, 2.05) is 12.1 Å². The Morgan fingerprint density at radius 1 is 1.10 bits per heavy atom. The first-order valence-corrected chi connectivity index (χ1v) is 7.30. The molecule has 108 valence electrons. The summed E-state index contributed by atoms with van der Waals surface area (Å²) in [6.07, 6.45) is 0. The molecule has 5 heteroatoms. The second-order valence-electron chi connectivity index (χ2n) is 4.38. The minimum absolute atomic E-state index is 0.249. The van der Waals surface area contributed by atoms with Gasteiger partial charge in [-0.25, -0.2) is 9.59 Å². The van der Waals surface area contributed by atoms with Crippen molar-refractivity contribution in [3.05, 3.63) is 59.2 Å². The van der Waals surface area contributed by atoms with Gasteiger partial charge >= 0.3 is 11.9 Å². The number of alkyl halides is 1. The number of esters is 1. The topological polar surface area (TPSA) is 63.6 Å². The van der Waals surface area contributed by atoms with E-state index >= 15 is 0 Å². The van der Waals surface area contributed by atoms with Crippen LogP contribution in [0.5, 0.6) is 0 Å². The summed E-state index contributed by atoms with van der Waals surface area (Å²) < 4.78 is 4.66. The lowest BCUT2D eigenvalue weighted by molar-refractivity contribution is 0.0600. The van der Waals surface area contributed by atoms with Crippen molar-refractivity contribution in [2.24, 2.45) is 0 Å². The van der Waals surface area contributed by atoms with E-state index in [1.54, 1.807) is 30.3 Å². The molecule has 0 saturated carbocycles. The predicted octanol–water partition coefficient (Wildman–Crippen LogP) is 3.73.